The Morgan fingerprint density at radius 1 is 1.38 bits per heavy atom. The first-order valence-corrected chi connectivity index (χ1v) is 6.20. The molecule has 0 amide bonds. The van der Waals surface area contributed by atoms with Gasteiger partial charge in [-0.15, -0.1) is 0 Å². The zero-order valence-electron chi connectivity index (χ0n) is 10.3. The standard InChI is InChI=1S/C12H22N2O2/c1-13(2)7-8-16-12(15)11-9-14-5-3-10(11)4-6-14/h10-11H,3-9H2,1-2H3. The van der Waals surface area contributed by atoms with Crippen molar-refractivity contribution in [3.63, 3.8) is 0 Å². The molecule has 0 aromatic rings. The van der Waals surface area contributed by atoms with Crippen LogP contribution in [0.2, 0.25) is 0 Å². The van der Waals surface area contributed by atoms with Crippen LogP contribution in [0.5, 0.6) is 0 Å². The van der Waals surface area contributed by atoms with Gasteiger partial charge in [0.25, 0.3) is 0 Å². The molecular weight excluding hydrogens is 204 g/mol. The first-order valence-electron chi connectivity index (χ1n) is 6.20. The van der Waals surface area contributed by atoms with E-state index in [1.807, 2.05) is 19.0 Å². The van der Waals surface area contributed by atoms with Crippen LogP contribution in [0.4, 0.5) is 0 Å². The highest BCUT2D eigenvalue weighted by Gasteiger charge is 2.39. The van der Waals surface area contributed by atoms with Crippen molar-refractivity contribution in [2.24, 2.45) is 11.8 Å². The third-order valence-corrected chi connectivity index (χ3v) is 3.74. The number of piperidine rings is 3. The van der Waals surface area contributed by atoms with E-state index in [4.69, 9.17) is 4.74 Å². The molecule has 0 radical (unpaired) electrons. The van der Waals surface area contributed by atoms with Gasteiger partial charge in [-0.2, -0.15) is 0 Å². The minimum atomic E-state index is 0.0243. The van der Waals surface area contributed by atoms with E-state index >= 15 is 0 Å². The van der Waals surface area contributed by atoms with E-state index < -0.39 is 0 Å². The molecule has 3 fully saturated rings. The summed E-state index contributed by atoms with van der Waals surface area (Å²) < 4.78 is 5.34. The SMILES string of the molecule is CN(C)CCOC(=O)C1CN2CCC1CC2. The van der Waals surface area contributed by atoms with Gasteiger partial charge >= 0.3 is 5.97 Å². The number of fused-ring (bicyclic) bond motifs is 3. The molecule has 1 unspecified atom stereocenters. The molecule has 4 heteroatoms. The van der Waals surface area contributed by atoms with Crippen molar-refractivity contribution in [1.82, 2.24) is 9.80 Å². The fourth-order valence-corrected chi connectivity index (χ4v) is 2.67. The summed E-state index contributed by atoms with van der Waals surface area (Å²) in [5.41, 5.74) is 0. The van der Waals surface area contributed by atoms with Crippen LogP contribution >= 0.6 is 0 Å². The Morgan fingerprint density at radius 3 is 2.56 bits per heavy atom. The highest BCUT2D eigenvalue weighted by molar-refractivity contribution is 5.73. The highest BCUT2D eigenvalue weighted by Crippen LogP contribution is 2.32. The Labute approximate surface area is 97.5 Å². The summed E-state index contributed by atoms with van der Waals surface area (Å²) >= 11 is 0. The normalized spacial score (nSPS) is 33.1. The number of carbonyl (C=O) groups excluding carboxylic acids is 1. The molecule has 3 aliphatic rings. The van der Waals surface area contributed by atoms with Gasteiger partial charge < -0.3 is 14.5 Å². The molecule has 2 bridgehead atoms. The Kier molecular flexibility index (Phi) is 3.82. The number of carbonyl (C=O) groups is 1. The highest BCUT2D eigenvalue weighted by atomic mass is 16.5. The number of nitrogens with zero attached hydrogens (tertiary/aromatic N) is 2. The van der Waals surface area contributed by atoms with E-state index in [1.54, 1.807) is 0 Å². The summed E-state index contributed by atoms with van der Waals surface area (Å²) in [6, 6.07) is 0. The monoisotopic (exact) mass is 226 g/mol. The molecule has 16 heavy (non-hydrogen) atoms. The lowest BCUT2D eigenvalue weighted by Gasteiger charge is -2.43. The lowest BCUT2D eigenvalue weighted by Crippen LogP contribution is -2.50. The van der Waals surface area contributed by atoms with Crippen molar-refractivity contribution in [2.45, 2.75) is 12.8 Å². The first kappa shape index (κ1) is 11.9. The molecule has 0 aromatic heterocycles. The fraction of sp³-hybridized carbons (Fsp3) is 0.917. The number of hydrogen-bond donors (Lipinski definition) is 0. The summed E-state index contributed by atoms with van der Waals surface area (Å²) in [5, 5.41) is 0. The van der Waals surface area contributed by atoms with Crippen molar-refractivity contribution in [2.75, 3.05) is 46.9 Å². The van der Waals surface area contributed by atoms with Crippen LogP contribution in [-0.2, 0) is 9.53 Å². The first-order chi connectivity index (χ1) is 7.66. The lowest BCUT2D eigenvalue weighted by atomic mass is 9.79. The van der Waals surface area contributed by atoms with Gasteiger partial charge in [0, 0.05) is 13.1 Å². The number of rotatable bonds is 4. The minimum absolute atomic E-state index is 0.0243. The van der Waals surface area contributed by atoms with Crippen LogP contribution in [0.15, 0.2) is 0 Å². The second-order valence-electron chi connectivity index (χ2n) is 5.22. The van der Waals surface area contributed by atoms with Gasteiger partial charge in [-0.1, -0.05) is 0 Å². The third kappa shape index (κ3) is 2.74. The summed E-state index contributed by atoms with van der Waals surface area (Å²) in [4.78, 5) is 16.3. The molecule has 0 N–H and O–H groups in total. The van der Waals surface area contributed by atoms with E-state index in [0.29, 0.717) is 12.5 Å². The van der Waals surface area contributed by atoms with E-state index in [0.717, 1.165) is 13.1 Å². The maximum atomic E-state index is 11.9. The molecule has 0 saturated carbocycles. The molecule has 3 aliphatic heterocycles. The largest absolute Gasteiger partial charge is 0.464 e. The van der Waals surface area contributed by atoms with Gasteiger partial charge in [0.1, 0.15) is 6.61 Å². The van der Waals surface area contributed by atoms with Crippen LogP contribution < -0.4 is 0 Å². The number of esters is 1. The molecule has 4 nitrogen and oxygen atoms in total. The number of hydrogen-bond acceptors (Lipinski definition) is 4. The smallest absolute Gasteiger partial charge is 0.310 e. The zero-order valence-corrected chi connectivity index (χ0v) is 10.3. The van der Waals surface area contributed by atoms with Gasteiger partial charge in [0.15, 0.2) is 0 Å². The van der Waals surface area contributed by atoms with Crippen molar-refractivity contribution in [1.29, 1.82) is 0 Å². The van der Waals surface area contributed by atoms with Crippen molar-refractivity contribution in [3.8, 4) is 0 Å². The average Bonchev–Trinajstić information content (AvgIpc) is 2.30. The summed E-state index contributed by atoms with van der Waals surface area (Å²) in [7, 11) is 3.98. The minimum Gasteiger partial charge on any atom is -0.464 e. The predicted molar refractivity (Wildman–Crippen MR) is 62.2 cm³/mol. The third-order valence-electron chi connectivity index (χ3n) is 3.74. The van der Waals surface area contributed by atoms with Crippen LogP contribution in [0, 0.1) is 11.8 Å². The topological polar surface area (TPSA) is 32.8 Å². The fourth-order valence-electron chi connectivity index (χ4n) is 2.67. The lowest BCUT2D eigenvalue weighted by molar-refractivity contribution is -0.155. The molecule has 3 heterocycles. The molecule has 0 spiro atoms. The van der Waals surface area contributed by atoms with Crippen molar-refractivity contribution in [3.05, 3.63) is 0 Å². The Hall–Kier alpha value is -0.610. The second kappa shape index (κ2) is 5.15. The molecule has 3 saturated heterocycles. The summed E-state index contributed by atoms with van der Waals surface area (Å²) in [6.07, 6.45) is 2.35. The summed E-state index contributed by atoms with van der Waals surface area (Å²) in [6.45, 7) is 4.60. The predicted octanol–water partition coefficient (Wildman–Crippen LogP) is 0.433. The number of ether oxygens (including phenoxy) is 1. The van der Waals surface area contributed by atoms with Gasteiger partial charge in [-0.3, -0.25) is 4.79 Å². The molecule has 0 aliphatic carbocycles. The second-order valence-corrected chi connectivity index (χ2v) is 5.22. The van der Waals surface area contributed by atoms with Crippen molar-refractivity contribution < 1.29 is 9.53 Å². The molecular formula is C12H22N2O2. The maximum absolute atomic E-state index is 11.9. The van der Waals surface area contributed by atoms with Crippen LogP contribution in [-0.4, -0.2) is 62.7 Å². The van der Waals surface area contributed by atoms with E-state index in [-0.39, 0.29) is 11.9 Å². The van der Waals surface area contributed by atoms with Crippen LogP contribution in [0.3, 0.4) is 0 Å². The van der Waals surface area contributed by atoms with Crippen LogP contribution in [0.1, 0.15) is 12.8 Å². The van der Waals surface area contributed by atoms with Crippen molar-refractivity contribution >= 4 is 5.97 Å². The van der Waals surface area contributed by atoms with Gasteiger partial charge in [-0.25, -0.2) is 0 Å². The van der Waals surface area contributed by atoms with E-state index in [9.17, 15) is 4.79 Å². The maximum Gasteiger partial charge on any atom is 0.310 e. The average molecular weight is 226 g/mol. The Morgan fingerprint density at radius 2 is 2.06 bits per heavy atom. The number of likely N-dealkylation sites (N-methyl/N-ethyl adjacent to an activating group) is 1. The van der Waals surface area contributed by atoms with Gasteiger partial charge in [0.05, 0.1) is 5.92 Å². The molecule has 1 atom stereocenters. The Bertz CT molecular complexity index is 247. The van der Waals surface area contributed by atoms with Gasteiger partial charge in [0.2, 0.25) is 0 Å². The molecule has 92 valence electrons. The van der Waals surface area contributed by atoms with E-state index in [2.05, 4.69) is 4.90 Å². The zero-order chi connectivity index (χ0) is 11.5. The Balaban J connectivity index is 1.77. The van der Waals surface area contributed by atoms with E-state index in [1.165, 1.54) is 25.9 Å². The summed E-state index contributed by atoms with van der Waals surface area (Å²) in [5.74, 6) is 0.748. The van der Waals surface area contributed by atoms with Gasteiger partial charge in [-0.05, 0) is 45.9 Å². The molecule has 0 aromatic carbocycles. The quantitative estimate of drug-likeness (QED) is 0.651. The molecule has 3 rings (SSSR count). The van der Waals surface area contributed by atoms with Crippen LogP contribution in [0.25, 0.3) is 0 Å².